The predicted molar refractivity (Wildman–Crippen MR) is 77.2 cm³/mol. The molecular formula is C14H23N3O3. The van der Waals surface area contributed by atoms with E-state index in [9.17, 15) is 14.7 Å². The summed E-state index contributed by atoms with van der Waals surface area (Å²) in [4.78, 5) is 29.2. The third kappa shape index (κ3) is 3.25. The summed E-state index contributed by atoms with van der Waals surface area (Å²) < 4.78 is 1.56. The summed E-state index contributed by atoms with van der Waals surface area (Å²) >= 11 is 0. The second-order valence-corrected chi connectivity index (χ2v) is 5.46. The summed E-state index contributed by atoms with van der Waals surface area (Å²) in [6.45, 7) is 7.58. The van der Waals surface area contributed by atoms with E-state index in [1.54, 1.807) is 25.3 Å². The second kappa shape index (κ2) is 6.17. The van der Waals surface area contributed by atoms with Crippen molar-refractivity contribution in [2.24, 2.45) is 0 Å². The Balaban J connectivity index is 3.36. The maximum Gasteiger partial charge on any atom is 0.348 e. The summed E-state index contributed by atoms with van der Waals surface area (Å²) in [5, 5.41) is 9.19. The highest BCUT2D eigenvalue weighted by molar-refractivity contribution is 5.76. The van der Waals surface area contributed by atoms with E-state index in [0.29, 0.717) is 23.5 Å². The first-order valence-corrected chi connectivity index (χ1v) is 6.64. The van der Waals surface area contributed by atoms with Gasteiger partial charge in [0.15, 0.2) is 0 Å². The van der Waals surface area contributed by atoms with Crippen LogP contribution in [0.4, 0.5) is 0 Å². The summed E-state index contributed by atoms with van der Waals surface area (Å²) in [6.07, 6.45) is 0. The van der Waals surface area contributed by atoms with Crippen molar-refractivity contribution >= 4 is 5.97 Å². The van der Waals surface area contributed by atoms with Gasteiger partial charge in [-0.25, -0.2) is 4.79 Å². The molecule has 2 atom stereocenters. The van der Waals surface area contributed by atoms with E-state index in [1.165, 1.54) is 0 Å². The Labute approximate surface area is 119 Å². The highest BCUT2D eigenvalue weighted by Crippen LogP contribution is 2.21. The molecule has 20 heavy (non-hydrogen) atoms. The average Bonchev–Trinajstić information content (AvgIpc) is 2.33. The number of likely N-dealkylation sites (N-methyl/N-ethyl adjacent to an activating group) is 1. The molecule has 1 aromatic rings. The van der Waals surface area contributed by atoms with Gasteiger partial charge in [0, 0.05) is 29.5 Å². The monoisotopic (exact) mass is 281 g/mol. The van der Waals surface area contributed by atoms with Crippen LogP contribution in [0.15, 0.2) is 4.79 Å². The zero-order chi connectivity index (χ0) is 15.6. The number of hydrogen-bond donors (Lipinski definition) is 1. The molecule has 6 heteroatoms. The van der Waals surface area contributed by atoms with E-state index in [-0.39, 0.29) is 11.7 Å². The molecule has 0 radical (unpaired) electrons. The molecule has 0 aliphatic heterocycles. The first kappa shape index (κ1) is 16.4. The molecule has 0 fully saturated rings. The van der Waals surface area contributed by atoms with E-state index >= 15 is 0 Å². The van der Waals surface area contributed by atoms with Crippen molar-refractivity contribution in [2.75, 3.05) is 14.1 Å². The van der Waals surface area contributed by atoms with Crippen LogP contribution in [0.25, 0.3) is 0 Å². The van der Waals surface area contributed by atoms with E-state index in [2.05, 4.69) is 4.98 Å². The maximum absolute atomic E-state index is 12.0. The maximum atomic E-state index is 12.0. The standard InChI is InChI=1S/C14H23N3O3/c1-8(16(5)6)7-17-11(4)12(9(2)13(18)19)10(3)15-14(17)20/h8-9H,7H2,1-6H3,(H,18,19). The highest BCUT2D eigenvalue weighted by Gasteiger charge is 2.22. The molecule has 0 aromatic carbocycles. The van der Waals surface area contributed by atoms with Crippen LogP contribution in [0.1, 0.15) is 36.7 Å². The molecule has 1 aromatic heterocycles. The minimum absolute atomic E-state index is 0.156. The van der Waals surface area contributed by atoms with Gasteiger partial charge < -0.3 is 10.0 Å². The van der Waals surface area contributed by atoms with Crippen LogP contribution >= 0.6 is 0 Å². The zero-order valence-corrected chi connectivity index (χ0v) is 13.0. The fraction of sp³-hybridized carbons (Fsp3) is 0.643. The Morgan fingerprint density at radius 2 is 1.90 bits per heavy atom. The van der Waals surface area contributed by atoms with Crippen molar-refractivity contribution in [3.8, 4) is 0 Å². The first-order chi connectivity index (χ1) is 9.16. The fourth-order valence-corrected chi connectivity index (χ4v) is 2.21. The minimum Gasteiger partial charge on any atom is -0.481 e. The predicted octanol–water partition coefficient (Wildman–Crippen LogP) is 0.998. The molecule has 1 heterocycles. The van der Waals surface area contributed by atoms with Crippen molar-refractivity contribution in [1.29, 1.82) is 0 Å². The normalized spacial score (nSPS) is 14.3. The van der Waals surface area contributed by atoms with E-state index in [1.807, 2.05) is 25.9 Å². The topological polar surface area (TPSA) is 75.4 Å². The summed E-state index contributed by atoms with van der Waals surface area (Å²) in [5.74, 6) is -1.59. The molecule has 0 spiro atoms. The third-order valence-corrected chi connectivity index (χ3v) is 3.81. The van der Waals surface area contributed by atoms with E-state index in [0.717, 1.165) is 0 Å². The molecule has 0 aliphatic carbocycles. The number of rotatable bonds is 5. The van der Waals surface area contributed by atoms with Gasteiger partial charge >= 0.3 is 11.7 Å². The van der Waals surface area contributed by atoms with Crippen LogP contribution < -0.4 is 5.69 Å². The van der Waals surface area contributed by atoms with Crippen LogP contribution in [0.3, 0.4) is 0 Å². The molecule has 2 unspecified atom stereocenters. The van der Waals surface area contributed by atoms with Gasteiger partial charge in [0.05, 0.1) is 5.92 Å². The molecule has 0 saturated heterocycles. The lowest BCUT2D eigenvalue weighted by Crippen LogP contribution is -2.37. The fourth-order valence-electron chi connectivity index (χ4n) is 2.21. The number of carbonyl (C=O) groups is 1. The van der Waals surface area contributed by atoms with Gasteiger partial charge in [-0.3, -0.25) is 9.36 Å². The van der Waals surface area contributed by atoms with Crippen LogP contribution in [-0.4, -0.2) is 45.7 Å². The van der Waals surface area contributed by atoms with Gasteiger partial charge in [-0.15, -0.1) is 0 Å². The van der Waals surface area contributed by atoms with Gasteiger partial charge in [-0.1, -0.05) is 0 Å². The van der Waals surface area contributed by atoms with Crippen molar-refractivity contribution in [3.63, 3.8) is 0 Å². The quantitative estimate of drug-likeness (QED) is 0.871. The number of nitrogens with zero attached hydrogens (tertiary/aromatic N) is 3. The Morgan fingerprint density at radius 3 is 2.35 bits per heavy atom. The highest BCUT2D eigenvalue weighted by atomic mass is 16.4. The third-order valence-electron chi connectivity index (χ3n) is 3.81. The number of carboxylic acid groups (broad SMARTS) is 1. The molecule has 0 amide bonds. The summed E-state index contributed by atoms with van der Waals surface area (Å²) in [5.41, 5.74) is 1.49. The molecular weight excluding hydrogens is 258 g/mol. The number of aryl methyl sites for hydroxylation is 1. The lowest BCUT2D eigenvalue weighted by Gasteiger charge is -2.24. The summed E-state index contributed by atoms with van der Waals surface area (Å²) in [7, 11) is 3.88. The first-order valence-electron chi connectivity index (χ1n) is 6.64. The number of carboxylic acids is 1. The second-order valence-electron chi connectivity index (χ2n) is 5.46. The number of aromatic nitrogens is 2. The minimum atomic E-state index is -0.913. The van der Waals surface area contributed by atoms with Crippen molar-refractivity contribution in [2.45, 2.75) is 46.2 Å². The Bertz CT molecular complexity index is 564. The Hall–Kier alpha value is -1.69. The van der Waals surface area contributed by atoms with E-state index < -0.39 is 11.9 Å². The van der Waals surface area contributed by atoms with Crippen LogP contribution in [0, 0.1) is 13.8 Å². The van der Waals surface area contributed by atoms with Gasteiger partial charge in [-0.2, -0.15) is 4.98 Å². The largest absolute Gasteiger partial charge is 0.481 e. The molecule has 0 bridgehead atoms. The molecule has 0 saturated carbocycles. The van der Waals surface area contributed by atoms with Gasteiger partial charge in [0.2, 0.25) is 0 Å². The molecule has 112 valence electrons. The van der Waals surface area contributed by atoms with Crippen molar-refractivity contribution in [1.82, 2.24) is 14.5 Å². The van der Waals surface area contributed by atoms with E-state index in [4.69, 9.17) is 0 Å². The lowest BCUT2D eigenvalue weighted by molar-refractivity contribution is -0.138. The molecule has 1 rings (SSSR count). The van der Waals surface area contributed by atoms with Crippen LogP contribution in [-0.2, 0) is 11.3 Å². The zero-order valence-electron chi connectivity index (χ0n) is 13.0. The number of aliphatic carboxylic acids is 1. The summed E-state index contributed by atoms with van der Waals surface area (Å²) in [6, 6.07) is 0.156. The van der Waals surface area contributed by atoms with Crippen LogP contribution in [0.5, 0.6) is 0 Å². The van der Waals surface area contributed by atoms with Crippen molar-refractivity contribution in [3.05, 3.63) is 27.4 Å². The lowest BCUT2D eigenvalue weighted by atomic mass is 9.98. The Kier molecular flexibility index (Phi) is 5.05. The van der Waals surface area contributed by atoms with Gasteiger partial charge in [-0.05, 0) is 41.8 Å². The SMILES string of the molecule is Cc1nc(=O)n(CC(C)N(C)C)c(C)c1C(C)C(=O)O. The average molecular weight is 281 g/mol. The van der Waals surface area contributed by atoms with Gasteiger partial charge in [0.1, 0.15) is 0 Å². The smallest absolute Gasteiger partial charge is 0.348 e. The van der Waals surface area contributed by atoms with Crippen LogP contribution in [0.2, 0.25) is 0 Å². The molecule has 1 N–H and O–H groups in total. The van der Waals surface area contributed by atoms with Gasteiger partial charge in [0.25, 0.3) is 0 Å². The Morgan fingerprint density at radius 1 is 1.35 bits per heavy atom. The number of hydrogen-bond acceptors (Lipinski definition) is 4. The molecule has 0 aliphatic rings. The molecule has 6 nitrogen and oxygen atoms in total. The van der Waals surface area contributed by atoms with Crippen molar-refractivity contribution < 1.29 is 9.90 Å².